The fourth-order valence-corrected chi connectivity index (χ4v) is 5.10. The zero-order valence-electron chi connectivity index (χ0n) is 15.1. The standard InChI is InChI=1S/C20H31N3O2/c24-20(21-15-6-2-1-3-7-15)22-16-12-17-8-4-9-18(13-16)23(17)14-19-10-5-11-25-19/h5,10-11,15-18H,1-4,6-9,12-14H2,(H2,21,22,24). The summed E-state index contributed by atoms with van der Waals surface area (Å²) in [5.41, 5.74) is 0. The van der Waals surface area contributed by atoms with E-state index < -0.39 is 0 Å². The number of hydrogen-bond donors (Lipinski definition) is 2. The Kier molecular flexibility index (Phi) is 5.30. The summed E-state index contributed by atoms with van der Waals surface area (Å²) in [4.78, 5) is 15.0. The highest BCUT2D eigenvalue weighted by Gasteiger charge is 2.39. The molecule has 138 valence electrons. The Hall–Kier alpha value is -1.49. The maximum atomic E-state index is 12.4. The number of nitrogens with zero attached hydrogens (tertiary/aromatic N) is 1. The van der Waals surface area contributed by atoms with Gasteiger partial charge in [0, 0.05) is 24.2 Å². The number of urea groups is 1. The van der Waals surface area contributed by atoms with Crippen molar-refractivity contribution < 1.29 is 9.21 Å². The second-order valence-corrected chi connectivity index (χ2v) is 8.11. The van der Waals surface area contributed by atoms with Crippen molar-refractivity contribution in [2.45, 2.75) is 94.9 Å². The molecule has 0 aromatic carbocycles. The SMILES string of the molecule is O=C(NC1CCCCC1)NC1CC2CCCC(C1)N2Cc1ccco1. The number of furan rings is 1. The van der Waals surface area contributed by atoms with Gasteiger partial charge in [0.05, 0.1) is 12.8 Å². The minimum atomic E-state index is 0.0504. The molecule has 1 aliphatic carbocycles. The summed E-state index contributed by atoms with van der Waals surface area (Å²) in [5, 5.41) is 6.47. The maximum Gasteiger partial charge on any atom is 0.315 e. The number of nitrogens with one attached hydrogen (secondary N) is 2. The van der Waals surface area contributed by atoms with E-state index in [9.17, 15) is 4.79 Å². The lowest BCUT2D eigenvalue weighted by atomic mass is 9.81. The van der Waals surface area contributed by atoms with Crippen LogP contribution in [0.2, 0.25) is 0 Å². The van der Waals surface area contributed by atoms with Crippen LogP contribution in [0.1, 0.15) is 70.0 Å². The van der Waals surface area contributed by atoms with Crippen LogP contribution in [0.4, 0.5) is 4.79 Å². The molecule has 5 heteroatoms. The highest BCUT2D eigenvalue weighted by molar-refractivity contribution is 5.74. The summed E-state index contributed by atoms with van der Waals surface area (Å²) < 4.78 is 5.56. The maximum absolute atomic E-state index is 12.4. The molecule has 2 atom stereocenters. The molecule has 4 rings (SSSR count). The van der Waals surface area contributed by atoms with Crippen LogP contribution in [0.25, 0.3) is 0 Å². The van der Waals surface area contributed by atoms with E-state index in [4.69, 9.17) is 4.42 Å². The largest absolute Gasteiger partial charge is 0.468 e. The molecule has 0 spiro atoms. The molecule has 5 nitrogen and oxygen atoms in total. The Morgan fingerprint density at radius 3 is 2.40 bits per heavy atom. The molecule has 3 heterocycles. The molecule has 0 radical (unpaired) electrons. The highest BCUT2D eigenvalue weighted by Crippen LogP contribution is 2.35. The van der Waals surface area contributed by atoms with Gasteiger partial charge in [0.15, 0.2) is 0 Å². The van der Waals surface area contributed by atoms with Gasteiger partial charge >= 0.3 is 6.03 Å². The van der Waals surface area contributed by atoms with Gasteiger partial charge in [-0.25, -0.2) is 4.79 Å². The van der Waals surface area contributed by atoms with E-state index in [-0.39, 0.29) is 6.03 Å². The van der Waals surface area contributed by atoms with Crippen LogP contribution in [0.3, 0.4) is 0 Å². The van der Waals surface area contributed by atoms with Crippen molar-refractivity contribution >= 4 is 6.03 Å². The van der Waals surface area contributed by atoms with Crippen LogP contribution in [0.5, 0.6) is 0 Å². The number of rotatable bonds is 4. The molecule has 2 aliphatic heterocycles. The van der Waals surface area contributed by atoms with Crippen LogP contribution in [0, 0.1) is 0 Å². The summed E-state index contributed by atoms with van der Waals surface area (Å²) in [5.74, 6) is 1.05. The van der Waals surface area contributed by atoms with E-state index >= 15 is 0 Å². The van der Waals surface area contributed by atoms with E-state index in [1.165, 1.54) is 38.5 Å². The molecule has 2 bridgehead atoms. The average Bonchev–Trinajstić information content (AvgIpc) is 3.09. The molecule has 1 aromatic rings. The Balaban J connectivity index is 1.30. The molecule has 3 aliphatic rings. The van der Waals surface area contributed by atoms with Gasteiger partial charge in [0.2, 0.25) is 0 Å². The number of hydrogen-bond acceptors (Lipinski definition) is 3. The Bertz CT molecular complexity index is 539. The summed E-state index contributed by atoms with van der Waals surface area (Å²) >= 11 is 0. The van der Waals surface area contributed by atoms with Gasteiger partial charge in [0.1, 0.15) is 5.76 Å². The van der Waals surface area contributed by atoms with Crippen molar-refractivity contribution in [3.63, 3.8) is 0 Å². The Labute approximate surface area is 150 Å². The number of piperidine rings is 2. The lowest BCUT2D eigenvalue weighted by Crippen LogP contribution is -2.58. The van der Waals surface area contributed by atoms with Gasteiger partial charge in [-0.2, -0.15) is 0 Å². The predicted octanol–water partition coefficient (Wildman–Crippen LogP) is 3.80. The van der Waals surface area contributed by atoms with E-state index in [1.54, 1.807) is 6.26 Å². The molecule has 2 amide bonds. The van der Waals surface area contributed by atoms with Crippen molar-refractivity contribution in [3.8, 4) is 0 Å². The van der Waals surface area contributed by atoms with Crippen molar-refractivity contribution in [1.29, 1.82) is 0 Å². The van der Waals surface area contributed by atoms with E-state index in [1.807, 2.05) is 6.07 Å². The predicted molar refractivity (Wildman–Crippen MR) is 97.2 cm³/mol. The van der Waals surface area contributed by atoms with Gasteiger partial charge in [-0.15, -0.1) is 0 Å². The van der Waals surface area contributed by atoms with Gasteiger partial charge < -0.3 is 15.1 Å². The fraction of sp³-hybridized carbons (Fsp3) is 0.750. The van der Waals surface area contributed by atoms with Gasteiger partial charge in [0.25, 0.3) is 0 Å². The van der Waals surface area contributed by atoms with Gasteiger partial charge in [-0.1, -0.05) is 25.7 Å². The molecule has 2 unspecified atom stereocenters. The lowest BCUT2D eigenvalue weighted by molar-refractivity contribution is 0.0147. The quantitative estimate of drug-likeness (QED) is 0.873. The fourth-order valence-electron chi connectivity index (χ4n) is 5.10. The summed E-state index contributed by atoms with van der Waals surface area (Å²) in [6.45, 7) is 0.906. The molecule has 1 saturated carbocycles. The molecular weight excluding hydrogens is 314 g/mol. The number of fused-ring (bicyclic) bond motifs is 2. The Morgan fingerprint density at radius 2 is 1.72 bits per heavy atom. The monoisotopic (exact) mass is 345 g/mol. The van der Waals surface area contributed by atoms with Crippen LogP contribution in [0.15, 0.2) is 22.8 Å². The molecule has 2 N–H and O–H groups in total. The van der Waals surface area contributed by atoms with Gasteiger partial charge in [-0.3, -0.25) is 4.90 Å². The summed E-state index contributed by atoms with van der Waals surface area (Å²) in [6, 6.07) is 5.91. The zero-order valence-corrected chi connectivity index (χ0v) is 15.1. The molecule has 1 aromatic heterocycles. The van der Waals surface area contributed by atoms with Crippen LogP contribution in [-0.2, 0) is 6.54 Å². The van der Waals surface area contributed by atoms with Crippen molar-refractivity contribution in [3.05, 3.63) is 24.2 Å². The third-order valence-corrected chi connectivity index (χ3v) is 6.32. The highest BCUT2D eigenvalue weighted by atomic mass is 16.3. The first-order valence-corrected chi connectivity index (χ1v) is 10.1. The second-order valence-electron chi connectivity index (χ2n) is 8.11. The van der Waals surface area contributed by atoms with Crippen molar-refractivity contribution in [2.75, 3.05) is 0 Å². The lowest BCUT2D eigenvalue weighted by Gasteiger charge is -2.48. The molecular formula is C20H31N3O2. The summed E-state index contributed by atoms with van der Waals surface area (Å²) in [7, 11) is 0. The average molecular weight is 345 g/mol. The molecule has 2 saturated heterocycles. The molecule has 25 heavy (non-hydrogen) atoms. The van der Waals surface area contributed by atoms with Crippen molar-refractivity contribution in [1.82, 2.24) is 15.5 Å². The van der Waals surface area contributed by atoms with Crippen LogP contribution in [-0.4, -0.2) is 35.1 Å². The normalized spacial score (nSPS) is 30.8. The van der Waals surface area contributed by atoms with Crippen LogP contribution < -0.4 is 10.6 Å². The smallest absolute Gasteiger partial charge is 0.315 e. The van der Waals surface area contributed by atoms with E-state index in [0.717, 1.165) is 38.0 Å². The van der Waals surface area contributed by atoms with Crippen molar-refractivity contribution in [2.24, 2.45) is 0 Å². The first kappa shape index (κ1) is 17.0. The van der Waals surface area contributed by atoms with Crippen LogP contribution >= 0.6 is 0 Å². The minimum absolute atomic E-state index is 0.0504. The third kappa shape index (κ3) is 4.20. The number of carbonyl (C=O) groups excluding carboxylic acids is 1. The van der Waals surface area contributed by atoms with Gasteiger partial charge in [-0.05, 0) is 50.7 Å². The first-order valence-electron chi connectivity index (χ1n) is 10.1. The first-order chi connectivity index (χ1) is 12.3. The zero-order chi connectivity index (χ0) is 17.1. The summed E-state index contributed by atoms with van der Waals surface area (Å²) in [6.07, 6.45) is 13.8. The molecule has 3 fully saturated rings. The number of amides is 2. The second kappa shape index (κ2) is 7.81. The minimum Gasteiger partial charge on any atom is -0.468 e. The van der Waals surface area contributed by atoms with E-state index in [0.29, 0.717) is 24.2 Å². The third-order valence-electron chi connectivity index (χ3n) is 6.32. The Morgan fingerprint density at radius 1 is 1.00 bits per heavy atom. The topological polar surface area (TPSA) is 57.5 Å². The van der Waals surface area contributed by atoms with E-state index in [2.05, 4.69) is 21.6 Å². The number of carbonyl (C=O) groups is 1.